The minimum Gasteiger partial charge on any atom is -0.481 e. The third kappa shape index (κ3) is 39.4. The van der Waals surface area contributed by atoms with Crippen molar-refractivity contribution in [1.29, 1.82) is 0 Å². The van der Waals surface area contributed by atoms with E-state index in [1.165, 1.54) is 43.5 Å². The molecule has 30 N–H and O–H groups in total. The van der Waals surface area contributed by atoms with Crippen molar-refractivity contribution in [2.75, 3.05) is 67.8 Å². The van der Waals surface area contributed by atoms with E-state index in [9.17, 15) is 168 Å². The van der Waals surface area contributed by atoms with Gasteiger partial charge in [-0.2, -0.15) is 37.9 Å². The van der Waals surface area contributed by atoms with Crippen LogP contribution >= 0.6 is 37.9 Å². The number of hydrogen-bond acceptors (Lipinski definition) is 39. The highest BCUT2D eigenvalue weighted by atomic mass is 32.1. The van der Waals surface area contributed by atoms with Crippen molar-refractivity contribution in [2.24, 2.45) is 23.7 Å². The number of Topliss-reactive ketones (excluding diaryl/α,β-unsaturated/α-hetero) is 5. The minimum absolute atomic E-state index is 0.0225. The van der Waals surface area contributed by atoms with Gasteiger partial charge in [0.25, 0.3) is 11.5 Å². The maximum Gasteiger partial charge on any atom is 0.326 e. The van der Waals surface area contributed by atoms with E-state index in [4.69, 9.17) is 10.8 Å². The number of nitrogens with two attached hydrogens (primary N) is 1. The van der Waals surface area contributed by atoms with Crippen LogP contribution in [0.25, 0.3) is 11.0 Å². The number of benzene rings is 1. The van der Waals surface area contributed by atoms with Gasteiger partial charge >= 0.3 is 17.9 Å². The highest BCUT2D eigenvalue weighted by Crippen LogP contribution is 2.24. The first-order chi connectivity index (χ1) is 60.8. The van der Waals surface area contributed by atoms with Crippen LogP contribution in [-0.4, -0.2) is 361 Å². The summed E-state index contributed by atoms with van der Waals surface area (Å²) in [6, 6.07) is -1.64. The average Bonchev–Trinajstić information content (AvgIpc) is 0.809. The number of rotatable bonds is 66. The maximum absolute atomic E-state index is 14.7. The van der Waals surface area contributed by atoms with Gasteiger partial charge in [-0.25, -0.2) is 9.78 Å². The van der Waals surface area contributed by atoms with Crippen LogP contribution in [0.3, 0.4) is 0 Å². The van der Waals surface area contributed by atoms with E-state index < -0.39 is 380 Å². The number of nitrogen functional groups attached to an aromatic ring is 1. The van der Waals surface area contributed by atoms with Gasteiger partial charge in [-0.3, -0.25) is 81.7 Å². The Balaban J connectivity index is 2.01. The summed E-state index contributed by atoms with van der Waals surface area (Å²) in [5.74, 6) is -26.3. The molecule has 0 bridgehead atoms. The molecule has 8 amide bonds. The molecule has 0 spiro atoms. The molecular weight excluding hydrogens is 1780 g/mol. The molecule has 21 atom stereocenters. The summed E-state index contributed by atoms with van der Waals surface area (Å²) in [5.41, 5.74) is 6.11. The Kier molecular flexibility index (Phi) is 50.9. The van der Waals surface area contributed by atoms with Crippen LogP contribution < -0.4 is 59.1 Å². The Morgan fingerprint density at radius 1 is 0.434 bits per heavy atom. The molecule has 0 unspecified atom stereocenters. The fourth-order valence-corrected chi connectivity index (χ4v) is 13.4. The smallest absolute Gasteiger partial charge is 0.326 e. The Hall–Kier alpha value is -9.92. The zero-order chi connectivity index (χ0) is 97.2. The van der Waals surface area contributed by atoms with Crippen molar-refractivity contribution in [2.45, 2.75) is 226 Å². The van der Waals surface area contributed by atoms with Crippen molar-refractivity contribution < 1.29 is 169 Å². The second-order valence-electron chi connectivity index (χ2n) is 30.4. The number of carboxylic acid groups (broad SMARTS) is 3. The van der Waals surface area contributed by atoms with Crippen LogP contribution in [0.4, 0.5) is 11.5 Å². The quantitative estimate of drug-likeness (QED) is 0.0233. The van der Waals surface area contributed by atoms with Crippen LogP contribution in [-0.2, 0) is 78.5 Å². The zero-order valence-corrected chi connectivity index (χ0v) is 72.7. The van der Waals surface area contributed by atoms with E-state index in [-0.39, 0.29) is 41.1 Å². The monoisotopic (exact) mass is 1890 g/mol. The predicted octanol–water partition coefficient (Wildman–Crippen LogP) is -9.79. The summed E-state index contributed by atoms with van der Waals surface area (Å²) in [4.78, 5) is 241. The lowest BCUT2D eigenvalue weighted by atomic mass is 9.90. The Morgan fingerprint density at radius 3 is 1.21 bits per heavy atom. The first-order valence-corrected chi connectivity index (χ1v) is 42.6. The Labute approximate surface area is 752 Å². The van der Waals surface area contributed by atoms with E-state index in [0.717, 1.165) is 0 Å². The molecule has 0 aliphatic heterocycles. The van der Waals surface area contributed by atoms with Gasteiger partial charge in [-0.05, 0) is 62.8 Å². The Bertz CT molecular complexity index is 4310. The van der Waals surface area contributed by atoms with Crippen LogP contribution in [0.5, 0.6) is 0 Å². The molecule has 2 heterocycles. The average molecular weight is 1890 g/mol. The highest BCUT2D eigenvalue weighted by molar-refractivity contribution is 7.80. The second kappa shape index (κ2) is 58.0. The fourth-order valence-electron chi connectivity index (χ4n) is 12.6. The summed E-state index contributed by atoms with van der Waals surface area (Å²) in [6.45, 7) is -4.13. The van der Waals surface area contributed by atoms with E-state index in [1.807, 2.05) is 0 Å². The number of thiol groups is 3. The number of hydrogen-bond donors (Lipinski definition) is 32. The minimum atomic E-state index is -2.20. The standard InChI is InChI=1S/C78H117N13O35S3/c1-2-49(96)47(33-128)89-75(122)37(6-15-61(107)83-27-54(101)67(114)70(117)57(104)30-93)20-50(97)44(13-18-64(111)112)87-76(123)39(32-127)22-51(98)43(12-16-62(108)84-28-55(102)68(115)71(118)58(105)31-94)86-74(121)38(7-17-63(109)110)21-52(99)48(34-129)90-73(120)36(5-14-60(106)82-26-53(100)66(113)69(116)56(103)29-92)19-42(95)10-11-45(78(125)126)88-72(119)35-3-8-40(9-4-35)80-24-41-25-81-46-23-59(79)91-77(124)65(46)85-41/h3-4,8-9,23,25,36-39,43-45,47-48,53-58,66-71,80,92-94,100-105,113-118,127-129H,2,5-7,10-22,24,26-34H2,1H3,(H,82,106)(H,83,107)(H,84,108)(H,86,121)(H,87,123)(H,88,119)(H,89,122)(H,90,120)(H,109,110)(H,111,112)(H,125,126)(H3,79,91,124)/t36-,37-,38-,39+,43+,44+,45+,47+,48+,53+,54+,55+,56-,57-,58-,66-,67-,68-,69-,70-,71-/m1/s1. The summed E-state index contributed by atoms with van der Waals surface area (Å²) < 4.78 is 0. The molecule has 0 radical (unpaired) electrons. The number of ketones is 5. The van der Waals surface area contributed by atoms with E-state index in [2.05, 4.69) is 101 Å². The van der Waals surface area contributed by atoms with E-state index in [1.54, 1.807) is 0 Å². The lowest BCUT2D eigenvalue weighted by molar-refractivity contribution is -0.140. The number of nitrogens with one attached hydrogen (secondary N) is 10. The van der Waals surface area contributed by atoms with Crippen molar-refractivity contribution in [3.8, 4) is 0 Å². The first kappa shape index (κ1) is 113. The van der Waals surface area contributed by atoms with Gasteiger partial charge in [0.05, 0.1) is 92.2 Å². The number of anilines is 2. The number of carboxylic acids is 3. The number of H-pyrrole nitrogens is 1. The number of fused-ring (bicyclic) bond motifs is 1. The van der Waals surface area contributed by atoms with Crippen LogP contribution in [0.15, 0.2) is 41.3 Å². The molecule has 0 aliphatic rings. The first-order valence-electron chi connectivity index (χ1n) is 40.7. The van der Waals surface area contributed by atoms with Crippen LogP contribution in [0, 0.1) is 23.7 Å². The maximum atomic E-state index is 14.7. The number of pyridine rings is 1. The van der Waals surface area contributed by atoms with Gasteiger partial charge in [-0.1, -0.05) is 6.92 Å². The number of aromatic amines is 1. The van der Waals surface area contributed by atoms with Crippen molar-refractivity contribution in [1.82, 2.24) is 57.5 Å². The van der Waals surface area contributed by atoms with E-state index in [0.29, 0.717) is 11.4 Å². The third-order valence-electron chi connectivity index (χ3n) is 20.6. The van der Waals surface area contributed by atoms with Gasteiger partial charge in [0, 0.05) is 143 Å². The SMILES string of the molecule is CCC(=O)[C@H](CS)NC(=O)[C@H](CCC(=O)NC[C@H](O)[C@@H](O)[C@H](O)[C@H](O)CO)CC(=O)[C@H](CCC(=O)O)NC(=O)[C@H](CS)CC(=O)[C@H](CCC(=O)NC[C@H](O)[C@@H](O)[C@H](O)[C@H](O)CO)NC(=O)[C@H](CCC(=O)O)CC(=O)[C@H](CS)NC(=O)[C@H](CCC(=O)NC[C@H](O)[C@@H](O)[C@H](O)[C@H](O)CO)CC(=O)CC[C@H](NC(=O)c1ccc(NCc2cnc3cc(N)[nH]c(=O)c3n2)cc1)C(=O)O. The summed E-state index contributed by atoms with van der Waals surface area (Å²) in [5, 5.41) is 201. The number of aliphatic carboxylic acids is 3. The molecule has 0 aliphatic carbocycles. The lowest BCUT2D eigenvalue weighted by Crippen LogP contribution is -2.50. The molecule has 0 fully saturated rings. The summed E-state index contributed by atoms with van der Waals surface area (Å²) in [6.07, 6.45) is -35.8. The number of carbonyl (C=O) groups is 16. The number of aromatic nitrogens is 3. The number of aliphatic hydroxyl groups is 15. The molecule has 2 aromatic heterocycles. The topological polar surface area (TPSA) is 830 Å². The molecule has 129 heavy (non-hydrogen) atoms. The normalized spacial score (nSPS) is 16.4. The molecule has 1 aromatic carbocycles. The second-order valence-corrected chi connectivity index (χ2v) is 31.5. The number of nitrogens with zero attached hydrogens (tertiary/aromatic N) is 2. The van der Waals surface area contributed by atoms with Crippen molar-refractivity contribution in [3.63, 3.8) is 0 Å². The van der Waals surface area contributed by atoms with Gasteiger partial charge in [0.15, 0.2) is 28.6 Å². The summed E-state index contributed by atoms with van der Waals surface area (Å²) >= 11 is 12.5. The van der Waals surface area contributed by atoms with Gasteiger partial charge in [0.1, 0.15) is 72.6 Å². The predicted molar refractivity (Wildman–Crippen MR) is 457 cm³/mol. The third-order valence-corrected chi connectivity index (χ3v) is 21.7. The fraction of sp³-hybridized carbons (Fsp3) is 0.628. The number of amides is 8. The van der Waals surface area contributed by atoms with E-state index >= 15 is 0 Å². The largest absolute Gasteiger partial charge is 0.481 e. The van der Waals surface area contributed by atoms with Crippen molar-refractivity contribution >= 4 is 155 Å². The lowest BCUT2D eigenvalue weighted by Gasteiger charge is -2.26. The molecule has 0 saturated heterocycles. The molecule has 722 valence electrons. The zero-order valence-electron chi connectivity index (χ0n) is 70.0. The van der Waals surface area contributed by atoms with Gasteiger partial charge in [0.2, 0.25) is 41.4 Å². The number of aliphatic hydroxyl groups excluding tert-OH is 15. The molecular formula is C78H117N13O35S3. The van der Waals surface area contributed by atoms with Gasteiger partial charge < -0.3 is 150 Å². The molecule has 48 nitrogen and oxygen atoms in total. The number of carbonyl (C=O) groups excluding carboxylic acids is 13. The molecule has 3 rings (SSSR count). The van der Waals surface area contributed by atoms with Crippen LogP contribution in [0.1, 0.15) is 132 Å². The molecule has 3 aromatic rings. The molecule has 0 saturated carbocycles. The van der Waals surface area contributed by atoms with Gasteiger partial charge in [-0.15, -0.1) is 0 Å². The highest BCUT2D eigenvalue weighted by Gasteiger charge is 2.39. The summed E-state index contributed by atoms with van der Waals surface area (Å²) in [7, 11) is 0. The molecule has 51 heteroatoms. The van der Waals surface area contributed by atoms with Crippen LogP contribution in [0.2, 0.25) is 0 Å². The Morgan fingerprint density at radius 2 is 0.798 bits per heavy atom. The van der Waals surface area contributed by atoms with Crippen molar-refractivity contribution in [3.05, 3.63) is 58.1 Å².